The van der Waals surface area contributed by atoms with E-state index >= 15 is 0 Å². The van der Waals surface area contributed by atoms with Crippen molar-refractivity contribution in [2.75, 3.05) is 0 Å². The maximum Gasteiger partial charge on any atom is 0.126 e. The molecule has 0 atom stereocenters. The van der Waals surface area contributed by atoms with E-state index < -0.39 is 5.41 Å². The normalized spacial score (nSPS) is 11.7. The van der Waals surface area contributed by atoms with Gasteiger partial charge in [-0.25, -0.2) is 4.98 Å². The van der Waals surface area contributed by atoms with E-state index in [1.807, 2.05) is 13.8 Å². The second-order valence-corrected chi connectivity index (χ2v) is 4.08. The molecule has 0 aliphatic rings. The highest BCUT2D eigenvalue weighted by atomic mass is 14.9. The van der Waals surface area contributed by atoms with Crippen molar-refractivity contribution in [2.45, 2.75) is 39.0 Å². The molecule has 0 spiro atoms. The monoisotopic (exact) mass is 177 g/mol. The molecular formula is C10H15N3. The van der Waals surface area contributed by atoms with Crippen LogP contribution in [0, 0.1) is 11.3 Å². The summed E-state index contributed by atoms with van der Waals surface area (Å²) in [6.45, 7) is 7.90. The predicted molar refractivity (Wildman–Crippen MR) is 51.3 cm³/mol. The third-order valence-corrected chi connectivity index (χ3v) is 2.09. The van der Waals surface area contributed by atoms with E-state index in [1.165, 1.54) is 0 Å². The molecule has 13 heavy (non-hydrogen) atoms. The van der Waals surface area contributed by atoms with E-state index in [2.05, 4.69) is 29.9 Å². The van der Waals surface area contributed by atoms with Gasteiger partial charge in [0.1, 0.15) is 11.2 Å². The molecule has 0 amide bonds. The average molecular weight is 177 g/mol. The van der Waals surface area contributed by atoms with Gasteiger partial charge in [0, 0.05) is 11.9 Å². The summed E-state index contributed by atoms with van der Waals surface area (Å²) in [5.41, 5.74) is 0.561. The van der Waals surface area contributed by atoms with Gasteiger partial charge in [0.2, 0.25) is 0 Å². The van der Waals surface area contributed by atoms with Gasteiger partial charge in [0.15, 0.2) is 0 Å². The van der Waals surface area contributed by atoms with E-state index in [9.17, 15) is 0 Å². The van der Waals surface area contributed by atoms with Gasteiger partial charge in [0.05, 0.1) is 6.07 Å². The summed E-state index contributed by atoms with van der Waals surface area (Å²) in [4.78, 5) is 7.37. The summed E-state index contributed by atoms with van der Waals surface area (Å²) in [6.07, 6.45) is 1.80. The second-order valence-electron chi connectivity index (χ2n) is 4.08. The molecule has 0 saturated heterocycles. The maximum atomic E-state index is 8.89. The van der Waals surface area contributed by atoms with E-state index in [0.717, 1.165) is 11.5 Å². The van der Waals surface area contributed by atoms with E-state index in [1.54, 1.807) is 6.20 Å². The Hall–Kier alpha value is -1.30. The van der Waals surface area contributed by atoms with Gasteiger partial charge in [-0.1, -0.05) is 13.8 Å². The van der Waals surface area contributed by atoms with Crippen LogP contribution in [0.4, 0.5) is 0 Å². The summed E-state index contributed by atoms with van der Waals surface area (Å²) >= 11 is 0. The van der Waals surface area contributed by atoms with Gasteiger partial charge >= 0.3 is 0 Å². The Morgan fingerprint density at radius 1 is 1.54 bits per heavy atom. The minimum absolute atomic E-state index is 0.427. The van der Waals surface area contributed by atoms with Crippen molar-refractivity contribution in [1.82, 2.24) is 9.97 Å². The number of hydrogen-bond donors (Lipinski definition) is 1. The predicted octanol–water partition coefficient (Wildman–Crippen LogP) is 2.33. The van der Waals surface area contributed by atoms with Crippen LogP contribution in [0.1, 0.15) is 45.1 Å². The number of rotatable bonds is 2. The van der Waals surface area contributed by atoms with Crippen LogP contribution < -0.4 is 0 Å². The number of aromatic nitrogens is 2. The van der Waals surface area contributed by atoms with Crippen LogP contribution in [-0.4, -0.2) is 9.97 Å². The molecule has 0 saturated carbocycles. The average Bonchev–Trinajstić information content (AvgIpc) is 2.52. The molecule has 0 radical (unpaired) electrons. The lowest BCUT2D eigenvalue weighted by Crippen LogP contribution is -2.16. The van der Waals surface area contributed by atoms with Gasteiger partial charge in [0.25, 0.3) is 0 Å². The lowest BCUT2D eigenvalue weighted by atomic mass is 9.95. The van der Waals surface area contributed by atoms with Gasteiger partial charge in [-0.2, -0.15) is 5.26 Å². The Morgan fingerprint density at radius 2 is 2.15 bits per heavy atom. The SMILES string of the molecule is CC(C)c1cnc(C(C)(C)C#N)[nH]1. The molecule has 0 unspecified atom stereocenters. The van der Waals surface area contributed by atoms with E-state index in [-0.39, 0.29) is 0 Å². The highest BCUT2D eigenvalue weighted by Crippen LogP contribution is 2.20. The number of nitrogens with zero attached hydrogens (tertiary/aromatic N) is 2. The Kier molecular flexibility index (Phi) is 2.42. The molecule has 0 aliphatic carbocycles. The standard InChI is InChI=1S/C10H15N3/c1-7(2)8-5-12-9(13-8)10(3,4)6-11/h5,7H,1-4H3,(H,12,13). The Balaban J connectivity index is 3.00. The topological polar surface area (TPSA) is 52.5 Å². The zero-order chi connectivity index (χ0) is 10.1. The molecule has 0 aromatic carbocycles. The molecule has 3 nitrogen and oxygen atoms in total. The van der Waals surface area contributed by atoms with Crippen LogP contribution in [-0.2, 0) is 5.41 Å². The minimum Gasteiger partial charge on any atom is -0.344 e. The lowest BCUT2D eigenvalue weighted by Gasteiger charge is -2.11. The van der Waals surface area contributed by atoms with Crippen molar-refractivity contribution < 1.29 is 0 Å². The molecule has 0 aliphatic heterocycles. The molecule has 1 aromatic heterocycles. The molecule has 1 N–H and O–H groups in total. The summed E-state index contributed by atoms with van der Waals surface area (Å²) in [7, 11) is 0. The largest absolute Gasteiger partial charge is 0.344 e. The molecule has 3 heteroatoms. The first kappa shape index (κ1) is 9.79. The summed E-state index contributed by atoms with van der Waals surface area (Å²) in [5, 5.41) is 8.89. The summed E-state index contributed by atoms with van der Waals surface area (Å²) < 4.78 is 0. The van der Waals surface area contributed by atoms with Crippen LogP contribution in [0.2, 0.25) is 0 Å². The van der Waals surface area contributed by atoms with Crippen LogP contribution in [0.5, 0.6) is 0 Å². The van der Waals surface area contributed by atoms with Gasteiger partial charge in [-0.3, -0.25) is 0 Å². The number of imidazole rings is 1. The number of nitrogens with one attached hydrogen (secondary N) is 1. The molecule has 1 aromatic rings. The van der Waals surface area contributed by atoms with E-state index in [4.69, 9.17) is 5.26 Å². The Morgan fingerprint density at radius 3 is 2.54 bits per heavy atom. The fourth-order valence-electron chi connectivity index (χ4n) is 0.999. The minimum atomic E-state index is -0.521. The molecule has 1 rings (SSSR count). The van der Waals surface area contributed by atoms with Crippen molar-refractivity contribution in [3.8, 4) is 6.07 Å². The maximum absolute atomic E-state index is 8.89. The fourth-order valence-corrected chi connectivity index (χ4v) is 0.999. The lowest BCUT2D eigenvalue weighted by molar-refractivity contribution is 0.635. The fraction of sp³-hybridized carbons (Fsp3) is 0.600. The van der Waals surface area contributed by atoms with Crippen molar-refractivity contribution in [2.24, 2.45) is 0 Å². The van der Waals surface area contributed by atoms with Gasteiger partial charge < -0.3 is 4.98 Å². The van der Waals surface area contributed by atoms with Crippen LogP contribution >= 0.6 is 0 Å². The third kappa shape index (κ3) is 1.89. The summed E-state index contributed by atoms with van der Waals surface area (Å²) in [5.74, 6) is 1.18. The molecule has 0 bridgehead atoms. The van der Waals surface area contributed by atoms with Crippen molar-refractivity contribution in [3.63, 3.8) is 0 Å². The molecule has 1 heterocycles. The first-order chi connectivity index (χ1) is 5.97. The van der Waals surface area contributed by atoms with Crippen LogP contribution in [0.3, 0.4) is 0 Å². The highest BCUT2D eigenvalue weighted by molar-refractivity contribution is 5.19. The first-order valence-corrected chi connectivity index (χ1v) is 4.44. The second kappa shape index (κ2) is 3.21. The molecule has 0 fully saturated rings. The van der Waals surface area contributed by atoms with Crippen molar-refractivity contribution in [1.29, 1.82) is 5.26 Å². The number of H-pyrrole nitrogens is 1. The van der Waals surface area contributed by atoms with Crippen molar-refractivity contribution >= 4 is 0 Å². The quantitative estimate of drug-likeness (QED) is 0.753. The number of nitriles is 1. The van der Waals surface area contributed by atoms with Crippen LogP contribution in [0.25, 0.3) is 0 Å². The smallest absolute Gasteiger partial charge is 0.126 e. The Bertz CT molecular complexity index is 328. The zero-order valence-electron chi connectivity index (χ0n) is 8.55. The van der Waals surface area contributed by atoms with Crippen molar-refractivity contribution in [3.05, 3.63) is 17.7 Å². The number of aromatic amines is 1. The van der Waals surface area contributed by atoms with E-state index in [0.29, 0.717) is 5.92 Å². The highest BCUT2D eigenvalue weighted by Gasteiger charge is 2.23. The zero-order valence-corrected chi connectivity index (χ0v) is 8.55. The molecular weight excluding hydrogens is 162 g/mol. The summed E-state index contributed by atoms with van der Waals surface area (Å²) in [6, 6.07) is 2.22. The third-order valence-electron chi connectivity index (χ3n) is 2.09. The number of hydrogen-bond acceptors (Lipinski definition) is 2. The Labute approximate surface area is 78.8 Å². The van der Waals surface area contributed by atoms with Gasteiger partial charge in [-0.05, 0) is 19.8 Å². The van der Waals surface area contributed by atoms with Crippen LogP contribution in [0.15, 0.2) is 6.20 Å². The first-order valence-electron chi connectivity index (χ1n) is 4.44. The van der Waals surface area contributed by atoms with Gasteiger partial charge in [-0.15, -0.1) is 0 Å². The molecule has 70 valence electrons.